The molecule has 0 amide bonds. The normalized spacial score (nSPS) is 10.1. The first-order valence-corrected chi connectivity index (χ1v) is 4.72. The lowest BCUT2D eigenvalue weighted by Gasteiger charge is -2.01. The van der Waals surface area contributed by atoms with E-state index in [9.17, 15) is 9.18 Å². The van der Waals surface area contributed by atoms with Crippen LogP contribution in [0.2, 0.25) is 0 Å². The first kappa shape index (κ1) is 12.7. The Morgan fingerprint density at radius 3 is 2.75 bits per heavy atom. The van der Waals surface area contributed by atoms with Crippen molar-refractivity contribution >= 4 is 23.3 Å². The number of nitrogens with two attached hydrogens (primary N) is 1. The molecule has 3 N–H and O–H groups in total. The smallest absolute Gasteiger partial charge is 0.251 e. The fourth-order valence-corrected chi connectivity index (χ4v) is 1.56. The summed E-state index contributed by atoms with van der Waals surface area (Å²) in [7, 11) is 0. The summed E-state index contributed by atoms with van der Waals surface area (Å²) in [6, 6.07) is 6.07. The van der Waals surface area contributed by atoms with Gasteiger partial charge in [-0.3, -0.25) is 4.79 Å². The number of halogens is 2. The van der Waals surface area contributed by atoms with Gasteiger partial charge >= 0.3 is 0 Å². The third-order valence-electron chi connectivity index (χ3n) is 2.30. The number of hydrogen-bond acceptors (Lipinski definition) is 2. The predicted molar refractivity (Wildman–Crippen MR) is 64.5 cm³/mol. The first-order valence-electron chi connectivity index (χ1n) is 4.72. The van der Waals surface area contributed by atoms with Gasteiger partial charge in [-0.05, 0) is 42.6 Å². The maximum Gasteiger partial charge on any atom is 0.251 e. The summed E-state index contributed by atoms with van der Waals surface area (Å²) in [5.41, 5.74) is 6.34. The van der Waals surface area contributed by atoms with Crippen LogP contribution in [-0.2, 0) is 6.42 Å². The van der Waals surface area contributed by atoms with Crippen LogP contribution in [0, 0.1) is 5.82 Å². The Bertz CT molecular complexity index is 553. The van der Waals surface area contributed by atoms with Crippen molar-refractivity contribution in [2.75, 3.05) is 6.54 Å². The van der Waals surface area contributed by atoms with Crippen LogP contribution in [0.1, 0.15) is 5.56 Å². The quantitative estimate of drug-likeness (QED) is 0.840. The van der Waals surface area contributed by atoms with Crippen LogP contribution in [0.5, 0.6) is 0 Å². The molecule has 0 aliphatic rings. The van der Waals surface area contributed by atoms with Crippen molar-refractivity contribution in [2.45, 2.75) is 6.42 Å². The van der Waals surface area contributed by atoms with E-state index in [1.807, 2.05) is 0 Å². The second-order valence-electron chi connectivity index (χ2n) is 3.39. The van der Waals surface area contributed by atoms with Crippen molar-refractivity contribution in [1.82, 2.24) is 4.98 Å². The Balaban J connectivity index is 0.00000128. The fourth-order valence-electron chi connectivity index (χ4n) is 1.56. The molecule has 0 aliphatic heterocycles. The Hall–Kier alpha value is -1.39. The molecular weight excluding hydrogens is 231 g/mol. The highest BCUT2D eigenvalue weighted by atomic mass is 35.5. The van der Waals surface area contributed by atoms with E-state index in [4.69, 9.17) is 5.73 Å². The van der Waals surface area contributed by atoms with E-state index in [-0.39, 0.29) is 23.8 Å². The molecular formula is C11H12ClFN2O. The number of nitrogens with one attached hydrogen (secondary N) is 1. The Labute approximate surface area is 97.9 Å². The van der Waals surface area contributed by atoms with Crippen LogP contribution in [0.15, 0.2) is 29.1 Å². The van der Waals surface area contributed by atoms with Gasteiger partial charge in [0, 0.05) is 5.56 Å². The van der Waals surface area contributed by atoms with E-state index >= 15 is 0 Å². The van der Waals surface area contributed by atoms with Gasteiger partial charge in [0.15, 0.2) is 0 Å². The zero-order chi connectivity index (χ0) is 10.8. The van der Waals surface area contributed by atoms with Crippen molar-refractivity contribution in [2.24, 2.45) is 5.73 Å². The van der Waals surface area contributed by atoms with Gasteiger partial charge < -0.3 is 10.7 Å². The number of aromatic nitrogens is 1. The van der Waals surface area contributed by atoms with Crippen molar-refractivity contribution in [3.63, 3.8) is 0 Å². The molecule has 1 aromatic heterocycles. The maximum atomic E-state index is 12.9. The first-order chi connectivity index (χ1) is 7.20. The van der Waals surface area contributed by atoms with Crippen LogP contribution in [-0.4, -0.2) is 11.5 Å². The minimum atomic E-state index is -0.357. The largest absolute Gasteiger partial charge is 0.330 e. The molecule has 86 valence electrons. The zero-order valence-electron chi connectivity index (χ0n) is 8.50. The second-order valence-corrected chi connectivity index (χ2v) is 3.39. The fraction of sp³-hybridized carbons (Fsp3) is 0.182. The third-order valence-corrected chi connectivity index (χ3v) is 2.30. The van der Waals surface area contributed by atoms with E-state index in [2.05, 4.69) is 4.98 Å². The zero-order valence-corrected chi connectivity index (χ0v) is 9.31. The predicted octanol–water partition coefficient (Wildman–Crippen LogP) is 1.59. The lowest BCUT2D eigenvalue weighted by molar-refractivity contribution is 0.629. The SMILES string of the molecule is Cl.NCCc1cc2ccc(F)cc2[nH]c1=O. The van der Waals surface area contributed by atoms with E-state index in [1.54, 1.807) is 12.1 Å². The average molecular weight is 243 g/mol. The lowest BCUT2D eigenvalue weighted by Crippen LogP contribution is -2.16. The molecule has 0 aliphatic carbocycles. The van der Waals surface area contributed by atoms with E-state index in [1.165, 1.54) is 12.1 Å². The van der Waals surface area contributed by atoms with E-state index < -0.39 is 0 Å². The summed E-state index contributed by atoms with van der Waals surface area (Å²) in [6.07, 6.45) is 0.530. The van der Waals surface area contributed by atoms with Gasteiger partial charge in [-0.25, -0.2) is 4.39 Å². The highest BCUT2D eigenvalue weighted by Crippen LogP contribution is 2.12. The molecule has 2 rings (SSSR count). The lowest BCUT2D eigenvalue weighted by atomic mass is 10.1. The topological polar surface area (TPSA) is 58.9 Å². The molecule has 0 saturated heterocycles. The number of fused-ring (bicyclic) bond motifs is 1. The standard InChI is InChI=1S/C11H11FN2O.ClH/c12-9-2-1-7-5-8(3-4-13)11(15)14-10(7)6-9;/h1-2,5-6H,3-4,13H2,(H,14,15);1H. The molecule has 0 saturated carbocycles. The van der Waals surface area contributed by atoms with Crippen LogP contribution in [0.3, 0.4) is 0 Å². The molecule has 0 spiro atoms. The third kappa shape index (κ3) is 2.40. The molecule has 0 atom stereocenters. The van der Waals surface area contributed by atoms with Crippen molar-refractivity contribution in [3.05, 3.63) is 46.0 Å². The van der Waals surface area contributed by atoms with E-state index in [0.717, 1.165) is 5.39 Å². The van der Waals surface area contributed by atoms with Crippen molar-refractivity contribution < 1.29 is 4.39 Å². The number of benzene rings is 1. The minimum Gasteiger partial charge on any atom is -0.330 e. The second kappa shape index (κ2) is 5.09. The summed E-state index contributed by atoms with van der Waals surface area (Å²) < 4.78 is 12.9. The van der Waals surface area contributed by atoms with Crippen LogP contribution < -0.4 is 11.3 Å². The maximum absolute atomic E-state index is 12.9. The molecule has 0 unspecified atom stereocenters. The van der Waals surface area contributed by atoms with Gasteiger partial charge in [-0.1, -0.05) is 0 Å². The van der Waals surface area contributed by atoms with Gasteiger partial charge in [0.1, 0.15) is 5.82 Å². The highest BCUT2D eigenvalue weighted by molar-refractivity contribution is 5.85. The summed E-state index contributed by atoms with van der Waals surface area (Å²) in [6.45, 7) is 0.426. The van der Waals surface area contributed by atoms with Gasteiger partial charge in [0.05, 0.1) is 5.52 Å². The molecule has 1 aromatic carbocycles. The molecule has 5 heteroatoms. The average Bonchev–Trinajstić information content (AvgIpc) is 2.20. The van der Waals surface area contributed by atoms with Crippen LogP contribution in [0.25, 0.3) is 10.9 Å². The summed E-state index contributed by atoms with van der Waals surface area (Å²) in [4.78, 5) is 14.1. The van der Waals surface area contributed by atoms with Crippen molar-refractivity contribution in [1.29, 1.82) is 0 Å². The molecule has 2 aromatic rings. The van der Waals surface area contributed by atoms with E-state index in [0.29, 0.717) is 24.0 Å². The molecule has 3 nitrogen and oxygen atoms in total. The summed E-state index contributed by atoms with van der Waals surface area (Å²) in [5.74, 6) is -0.357. The minimum absolute atomic E-state index is 0. The number of pyridine rings is 1. The van der Waals surface area contributed by atoms with Crippen LogP contribution >= 0.6 is 12.4 Å². The van der Waals surface area contributed by atoms with Crippen molar-refractivity contribution in [3.8, 4) is 0 Å². The van der Waals surface area contributed by atoms with Crippen LogP contribution in [0.4, 0.5) is 4.39 Å². The monoisotopic (exact) mass is 242 g/mol. The summed E-state index contributed by atoms with van der Waals surface area (Å²) >= 11 is 0. The Morgan fingerprint density at radius 2 is 2.06 bits per heavy atom. The number of rotatable bonds is 2. The Morgan fingerprint density at radius 1 is 1.31 bits per heavy atom. The highest BCUT2D eigenvalue weighted by Gasteiger charge is 2.02. The number of H-pyrrole nitrogens is 1. The van der Waals surface area contributed by atoms with Gasteiger partial charge in [0.25, 0.3) is 5.56 Å². The van der Waals surface area contributed by atoms with Gasteiger partial charge in [-0.2, -0.15) is 0 Å². The molecule has 0 bridgehead atoms. The number of aromatic amines is 1. The molecule has 16 heavy (non-hydrogen) atoms. The molecule has 1 heterocycles. The molecule has 0 fully saturated rings. The summed E-state index contributed by atoms with van der Waals surface area (Å²) in [5, 5.41) is 0.819. The number of hydrogen-bond donors (Lipinski definition) is 2. The van der Waals surface area contributed by atoms with Gasteiger partial charge in [-0.15, -0.1) is 12.4 Å². The van der Waals surface area contributed by atoms with Gasteiger partial charge in [0.2, 0.25) is 0 Å². The molecule has 0 radical (unpaired) electrons. The Kier molecular flexibility index (Phi) is 4.04.